The van der Waals surface area contributed by atoms with Gasteiger partial charge in [0.1, 0.15) is 0 Å². The lowest BCUT2D eigenvalue weighted by Crippen LogP contribution is -2.56. The molecule has 1 aliphatic heterocycles. The summed E-state index contributed by atoms with van der Waals surface area (Å²) >= 11 is 0. The van der Waals surface area contributed by atoms with Gasteiger partial charge in [0.05, 0.1) is 13.2 Å². The van der Waals surface area contributed by atoms with Gasteiger partial charge in [0, 0.05) is 25.2 Å². The molecule has 0 spiro atoms. The minimum atomic E-state index is 0.184. The van der Waals surface area contributed by atoms with Crippen molar-refractivity contribution in [3.8, 4) is 0 Å². The monoisotopic (exact) mass is 214 g/mol. The van der Waals surface area contributed by atoms with Crippen LogP contribution in [0.3, 0.4) is 0 Å². The van der Waals surface area contributed by atoms with E-state index in [1.165, 1.54) is 0 Å². The Bertz CT molecular complexity index is 202. The first kappa shape index (κ1) is 12.9. The van der Waals surface area contributed by atoms with Gasteiger partial charge >= 0.3 is 0 Å². The summed E-state index contributed by atoms with van der Waals surface area (Å²) in [5, 5.41) is 3.27. The van der Waals surface area contributed by atoms with Crippen molar-refractivity contribution in [2.75, 3.05) is 39.9 Å². The van der Waals surface area contributed by atoms with Crippen molar-refractivity contribution in [1.82, 2.24) is 10.2 Å². The zero-order chi connectivity index (χ0) is 11.5. The fourth-order valence-corrected chi connectivity index (χ4v) is 2.23. The standard InChI is InChI=1S/C12H26N2O/c1-11(2,8-13-5)9-14-6-7-15-10-12(14,3)4/h13H,6-10H2,1-5H3. The highest BCUT2D eigenvalue weighted by Gasteiger charge is 2.33. The summed E-state index contributed by atoms with van der Waals surface area (Å²) in [6.07, 6.45) is 0. The van der Waals surface area contributed by atoms with E-state index in [0.29, 0.717) is 5.41 Å². The van der Waals surface area contributed by atoms with Gasteiger partial charge in [0.15, 0.2) is 0 Å². The average Bonchev–Trinajstić information content (AvgIpc) is 2.08. The van der Waals surface area contributed by atoms with Crippen LogP contribution in [-0.2, 0) is 4.74 Å². The molecular weight excluding hydrogens is 188 g/mol. The molecule has 1 heterocycles. The second-order valence-corrected chi connectivity index (χ2v) is 5.98. The first-order valence-corrected chi connectivity index (χ1v) is 5.85. The zero-order valence-electron chi connectivity index (χ0n) is 10.9. The van der Waals surface area contributed by atoms with E-state index in [2.05, 4.69) is 37.9 Å². The summed E-state index contributed by atoms with van der Waals surface area (Å²) in [7, 11) is 2.02. The van der Waals surface area contributed by atoms with Gasteiger partial charge < -0.3 is 10.1 Å². The van der Waals surface area contributed by atoms with Crippen LogP contribution < -0.4 is 5.32 Å². The van der Waals surface area contributed by atoms with E-state index in [4.69, 9.17) is 4.74 Å². The van der Waals surface area contributed by atoms with Gasteiger partial charge in [-0.1, -0.05) is 13.8 Å². The van der Waals surface area contributed by atoms with Crippen molar-refractivity contribution in [2.24, 2.45) is 5.41 Å². The third kappa shape index (κ3) is 3.74. The minimum absolute atomic E-state index is 0.184. The Morgan fingerprint density at radius 3 is 2.60 bits per heavy atom. The molecule has 1 fully saturated rings. The van der Waals surface area contributed by atoms with Gasteiger partial charge in [-0.25, -0.2) is 0 Å². The Morgan fingerprint density at radius 1 is 1.40 bits per heavy atom. The summed E-state index contributed by atoms with van der Waals surface area (Å²) in [6.45, 7) is 14.1. The summed E-state index contributed by atoms with van der Waals surface area (Å²) in [5.41, 5.74) is 0.507. The molecule has 0 atom stereocenters. The Balaban J connectivity index is 2.55. The van der Waals surface area contributed by atoms with E-state index in [9.17, 15) is 0 Å². The molecule has 0 aromatic rings. The van der Waals surface area contributed by atoms with Crippen molar-refractivity contribution >= 4 is 0 Å². The van der Waals surface area contributed by atoms with Crippen LogP contribution >= 0.6 is 0 Å². The molecule has 1 N–H and O–H groups in total. The van der Waals surface area contributed by atoms with E-state index in [1.54, 1.807) is 0 Å². The molecule has 0 radical (unpaired) electrons. The first-order valence-electron chi connectivity index (χ1n) is 5.85. The second kappa shape index (κ2) is 4.81. The van der Waals surface area contributed by atoms with E-state index in [-0.39, 0.29) is 5.54 Å². The molecule has 0 aromatic carbocycles. The van der Waals surface area contributed by atoms with Crippen LogP contribution in [0.1, 0.15) is 27.7 Å². The van der Waals surface area contributed by atoms with Crippen molar-refractivity contribution < 1.29 is 4.74 Å². The molecule has 90 valence electrons. The summed E-state index contributed by atoms with van der Waals surface area (Å²) in [4.78, 5) is 2.55. The largest absolute Gasteiger partial charge is 0.378 e. The molecule has 0 unspecified atom stereocenters. The lowest BCUT2D eigenvalue weighted by Gasteiger charge is -2.45. The Kier molecular flexibility index (Phi) is 4.15. The number of hydrogen-bond donors (Lipinski definition) is 1. The highest BCUT2D eigenvalue weighted by atomic mass is 16.5. The van der Waals surface area contributed by atoms with Crippen LogP contribution in [-0.4, -0.2) is 50.3 Å². The number of nitrogens with zero attached hydrogens (tertiary/aromatic N) is 1. The predicted octanol–water partition coefficient (Wildman–Crippen LogP) is 1.34. The number of nitrogens with one attached hydrogen (secondary N) is 1. The van der Waals surface area contributed by atoms with Crippen molar-refractivity contribution in [1.29, 1.82) is 0 Å². The fraction of sp³-hybridized carbons (Fsp3) is 1.00. The Morgan fingerprint density at radius 2 is 2.07 bits per heavy atom. The Hall–Kier alpha value is -0.120. The van der Waals surface area contributed by atoms with Crippen molar-refractivity contribution in [2.45, 2.75) is 33.2 Å². The Labute approximate surface area is 94.2 Å². The molecule has 0 aliphatic carbocycles. The maximum atomic E-state index is 5.53. The quantitative estimate of drug-likeness (QED) is 0.764. The molecule has 0 amide bonds. The van der Waals surface area contributed by atoms with Gasteiger partial charge in [-0.05, 0) is 26.3 Å². The topological polar surface area (TPSA) is 24.5 Å². The maximum absolute atomic E-state index is 5.53. The number of ether oxygens (including phenoxy) is 1. The van der Waals surface area contributed by atoms with E-state index < -0.39 is 0 Å². The highest BCUT2D eigenvalue weighted by Crippen LogP contribution is 2.24. The summed E-state index contributed by atoms with van der Waals surface area (Å²) in [6, 6.07) is 0. The van der Waals surface area contributed by atoms with E-state index in [0.717, 1.165) is 32.8 Å². The average molecular weight is 214 g/mol. The second-order valence-electron chi connectivity index (χ2n) is 5.98. The molecule has 0 bridgehead atoms. The molecule has 15 heavy (non-hydrogen) atoms. The van der Waals surface area contributed by atoms with Crippen LogP contribution in [0.5, 0.6) is 0 Å². The molecule has 0 aromatic heterocycles. The van der Waals surface area contributed by atoms with Gasteiger partial charge in [0.25, 0.3) is 0 Å². The van der Waals surface area contributed by atoms with Gasteiger partial charge in [0.2, 0.25) is 0 Å². The zero-order valence-corrected chi connectivity index (χ0v) is 10.9. The number of hydrogen-bond acceptors (Lipinski definition) is 3. The SMILES string of the molecule is CNCC(C)(C)CN1CCOCC1(C)C. The third-order valence-corrected chi connectivity index (χ3v) is 3.09. The lowest BCUT2D eigenvalue weighted by atomic mass is 9.89. The normalized spacial score (nSPS) is 23.0. The van der Waals surface area contributed by atoms with Crippen LogP contribution in [0.4, 0.5) is 0 Å². The lowest BCUT2D eigenvalue weighted by molar-refractivity contribution is -0.0643. The van der Waals surface area contributed by atoms with Gasteiger partial charge in [-0.2, -0.15) is 0 Å². The molecule has 1 saturated heterocycles. The van der Waals surface area contributed by atoms with Crippen LogP contribution in [0, 0.1) is 5.41 Å². The van der Waals surface area contributed by atoms with E-state index in [1.807, 2.05) is 7.05 Å². The molecule has 0 saturated carbocycles. The molecule has 1 rings (SSSR count). The third-order valence-electron chi connectivity index (χ3n) is 3.09. The van der Waals surface area contributed by atoms with Crippen molar-refractivity contribution in [3.05, 3.63) is 0 Å². The first-order chi connectivity index (χ1) is 6.87. The fourth-order valence-electron chi connectivity index (χ4n) is 2.23. The van der Waals surface area contributed by atoms with Crippen LogP contribution in [0.15, 0.2) is 0 Å². The molecule has 3 nitrogen and oxygen atoms in total. The summed E-state index contributed by atoms with van der Waals surface area (Å²) in [5.74, 6) is 0. The highest BCUT2D eigenvalue weighted by molar-refractivity contribution is 4.88. The van der Waals surface area contributed by atoms with E-state index >= 15 is 0 Å². The molecule has 3 heteroatoms. The number of rotatable bonds is 4. The molecular formula is C12H26N2O. The molecule has 1 aliphatic rings. The predicted molar refractivity (Wildman–Crippen MR) is 64.2 cm³/mol. The minimum Gasteiger partial charge on any atom is -0.378 e. The smallest absolute Gasteiger partial charge is 0.0645 e. The van der Waals surface area contributed by atoms with Gasteiger partial charge in [-0.3, -0.25) is 4.90 Å². The van der Waals surface area contributed by atoms with Crippen LogP contribution in [0.25, 0.3) is 0 Å². The summed E-state index contributed by atoms with van der Waals surface area (Å²) < 4.78 is 5.53. The van der Waals surface area contributed by atoms with Crippen LogP contribution in [0.2, 0.25) is 0 Å². The van der Waals surface area contributed by atoms with Gasteiger partial charge in [-0.15, -0.1) is 0 Å². The maximum Gasteiger partial charge on any atom is 0.0645 e. The number of morpholine rings is 1. The van der Waals surface area contributed by atoms with Crippen molar-refractivity contribution in [3.63, 3.8) is 0 Å².